The van der Waals surface area contributed by atoms with Crippen LogP contribution in [0, 0.1) is 0 Å². The van der Waals surface area contributed by atoms with Gasteiger partial charge >= 0.3 is 6.03 Å². The van der Waals surface area contributed by atoms with Crippen molar-refractivity contribution >= 4 is 46.5 Å². The second kappa shape index (κ2) is 9.78. The second-order valence-electron chi connectivity index (χ2n) is 8.03. The maximum Gasteiger partial charge on any atom is 0.322 e. The van der Waals surface area contributed by atoms with Crippen molar-refractivity contribution in [3.63, 3.8) is 0 Å². The van der Waals surface area contributed by atoms with Crippen molar-refractivity contribution in [2.24, 2.45) is 0 Å². The first-order valence-corrected chi connectivity index (χ1v) is 11.0. The highest BCUT2D eigenvalue weighted by atomic mass is 35.5. The normalized spacial score (nSPS) is 22.9. The van der Waals surface area contributed by atoms with Gasteiger partial charge in [-0.1, -0.05) is 11.6 Å². The number of hydrogen-bond acceptors (Lipinski definition) is 5. The number of anilines is 3. The van der Waals surface area contributed by atoms with Crippen LogP contribution < -0.4 is 15.5 Å². The van der Waals surface area contributed by atoms with Crippen molar-refractivity contribution in [3.05, 3.63) is 53.6 Å². The Bertz CT molecular complexity index is 1030. The summed E-state index contributed by atoms with van der Waals surface area (Å²) in [5, 5.41) is 16.2. The maximum absolute atomic E-state index is 12.9. The number of β-amino-alcohol motifs (C(OH)–C–C–N with tert-alkyl or cyclic N) is 1. The first-order chi connectivity index (χ1) is 15.8. The van der Waals surface area contributed by atoms with E-state index >= 15 is 0 Å². The van der Waals surface area contributed by atoms with Crippen molar-refractivity contribution in [2.75, 3.05) is 35.2 Å². The SMILES string of the molecule is C[C@@H]1OCCN(c2ccc(NC(=O)[C@H]3C[C@@H](O)CN3C(=O)Nc3ccc(Cl)cc3)cc2)C1=O. The number of morpholine rings is 1. The largest absolute Gasteiger partial charge is 0.391 e. The Morgan fingerprint density at radius 3 is 2.39 bits per heavy atom. The number of ether oxygens (including phenoxy) is 1. The number of nitrogens with one attached hydrogen (secondary N) is 2. The molecule has 0 spiro atoms. The number of benzene rings is 2. The minimum atomic E-state index is -0.825. The zero-order valence-corrected chi connectivity index (χ0v) is 18.8. The number of aliphatic hydroxyl groups is 1. The summed E-state index contributed by atoms with van der Waals surface area (Å²) in [6.07, 6.45) is -1.15. The molecule has 4 amide bonds. The molecule has 0 bridgehead atoms. The number of carbonyl (C=O) groups is 3. The van der Waals surface area contributed by atoms with Gasteiger partial charge in [-0.05, 0) is 55.5 Å². The third kappa shape index (κ3) is 5.27. The second-order valence-corrected chi connectivity index (χ2v) is 8.47. The number of carbonyl (C=O) groups excluding carboxylic acids is 3. The van der Waals surface area contributed by atoms with Crippen LogP contribution in [0.1, 0.15) is 13.3 Å². The van der Waals surface area contributed by atoms with Gasteiger partial charge in [0.1, 0.15) is 12.1 Å². The van der Waals surface area contributed by atoms with E-state index in [4.69, 9.17) is 16.3 Å². The topological polar surface area (TPSA) is 111 Å². The minimum absolute atomic E-state index is 0.0494. The van der Waals surface area contributed by atoms with Gasteiger partial charge in [0, 0.05) is 41.6 Å². The molecular weight excluding hydrogens is 448 g/mol. The number of urea groups is 1. The van der Waals surface area contributed by atoms with Crippen LogP contribution in [0.5, 0.6) is 0 Å². The van der Waals surface area contributed by atoms with Crippen molar-refractivity contribution < 1.29 is 24.2 Å². The van der Waals surface area contributed by atoms with Gasteiger partial charge in [-0.25, -0.2) is 4.79 Å². The Morgan fingerprint density at radius 1 is 1.06 bits per heavy atom. The fourth-order valence-corrected chi connectivity index (χ4v) is 4.07. The van der Waals surface area contributed by atoms with Crippen LogP contribution in [0.4, 0.5) is 21.9 Å². The molecule has 4 rings (SSSR count). The number of nitrogens with zero attached hydrogens (tertiary/aromatic N) is 2. The van der Waals surface area contributed by atoms with Crippen molar-refractivity contribution in [1.29, 1.82) is 0 Å². The molecule has 2 heterocycles. The van der Waals surface area contributed by atoms with Crippen LogP contribution in [-0.2, 0) is 14.3 Å². The van der Waals surface area contributed by atoms with Crippen LogP contribution >= 0.6 is 11.6 Å². The predicted octanol–water partition coefficient (Wildman–Crippen LogP) is 2.70. The van der Waals surface area contributed by atoms with Gasteiger partial charge in [0.05, 0.1) is 12.7 Å². The summed E-state index contributed by atoms with van der Waals surface area (Å²) >= 11 is 5.87. The summed E-state index contributed by atoms with van der Waals surface area (Å²) in [4.78, 5) is 40.9. The number of amides is 4. The Hall–Kier alpha value is -3.14. The summed E-state index contributed by atoms with van der Waals surface area (Å²) in [6.45, 7) is 2.69. The number of likely N-dealkylation sites (tertiary alicyclic amines) is 1. The fraction of sp³-hybridized carbons (Fsp3) is 0.348. The van der Waals surface area contributed by atoms with Crippen molar-refractivity contribution in [3.8, 4) is 0 Å². The Labute approximate surface area is 196 Å². The molecule has 0 radical (unpaired) electrons. The lowest BCUT2D eigenvalue weighted by Gasteiger charge is -2.31. The molecular formula is C23H25ClN4O5. The van der Waals surface area contributed by atoms with E-state index in [1.807, 2.05) is 0 Å². The average Bonchev–Trinajstić information content (AvgIpc) is 3.20. The van der Waals surface area contributed by atoms with E-state index in [1.54, 1.807) is 60.4 Å². The van der Waals surface area contributed by atoms with Gasteiger partial charge in [-0.15, -0.1) is 0 Å². The average molecular weight is 473 g/mol. The summed E-state index contributed by atoms with van der Waals surface area (Å²) in [5.41, 5.74) is 1.78. The molecule has 2 aliphatic heterocycles. The van der Waals surface area contributed by atoms with Gasteiger partial charge in [0.2, 0.25) is 5.91 Å². The molecule has 2 fully saturated rings. The highest BCUT2D eigenvalue weighted by molar-refractivity contribution is 6.30. The molecule has 0 saturated carbocycles. The molecule has 33 heavy (non-hydrogen) atoms. The zero-order valence-electron chi connectivity index (χ0n) is 18.0. The van der Waals surface area contributed by atoms with Crippen LogP contribution in [-0.4, -0.2) is 65.8 Å². The molecule has 2 aromatic rings. The predicted molar refractivity (Wildman–Crippen MR) is 124 cm³/mol. The number of hydrogen-bond donors (Lipinski definition) is 3. The summed E-state index contributed by atoms with van der Waals surface area (Å²) in [6, 6.07) is 12.2. The third-order valence-electron chi connectivity index (χ3n) is 5.68. The first-order valence-electron chi connectivity index (χ1n) is 10.7. The van der Waals surface area contributed by atoms with Crippen LogP contribution in [0.2, 0.25) is 5.02 Å². The Kier molecular flexibility index (Phi) is 6.83. The molecule has 174 valence electrons. The number of aliphatic hydroxyl groups excluding tert-OH is 1. The third-order valence-corrected chi connectivity index (χ3v) is 5.93. The van der Waals surface area contributed by atoms with Crippen LogP contribution in [0.15, 0.2) is 48.5 Å². The van der Waals surface area contributed by atoms with E-state index in [2.05, 4.69) is 10.6 Å². The molecule has 0 aliphatic carbocycles. The Morgan fingerprint density at radius 2 is 1.70 bits per heavy atom. The summed E-state index contributed by atoms with van der Waals surface area (Å²) in [5.74, 6) is -0.512. The van der Waals surface area contributed by atoms with E-state index in [-0.39, 0.29) is 18.9 Å². The van der Waals surface area contributed by atoms with Crippen molar-refractivity contribution in [2.45, 2.75) is 31.6 Å². The quantitative estimate of drug-likeness (QED) is 0.633. The van der Waals surface area contributed by atoms with E-state index in [1.165, 1.54) is 4.90 Å². The van der Waals surface area contributed by atoms with E-state index in [9.17, 15) is 19.5 Å². The lowest BCUT2D eigenvalue weighted by atomic mass is 10.1. The van der Waals surface area contributed by atoms with Crippen LogP contribution in [0.25, 0.3) is 0 Å². The smallest absolute Gasteiger partial charge is 0.322 e. The van der Waals surface area contributed by atoms with Crippen molar-refractivity contribution in [1.82, 2.24) is 4.90 Å². The summed E-state index contributed by atoms with van der Waals surface area (Å²) < 4.78 is 5.34. The summed E-state index contributed by atoms with van der Waals surface area (Å²) in [7, 11) is 0. The van der Waals surface area contributed by atoms with Crippen LogP contribution in [0.3, 0.4) is 0 Å². The lowest BCUT2D eigenvalue weighted by molar-refractivity contribution is -0.132. The molecule has 0 unspecified atom stereocenters. The lowest BCUT2D eigenvalue weighted by Crippen LogP contribution is -2.46. The zero-order chi connectivity index (χ0) is 23.5. The molecule has 0 aromatic heterocycles. The molecule has 3 N–H and O–H groups in total. The van der Waals surface area contributed by atoms with E-state index in [0.29, 0.717) is 35.2 Å². The maximum atomic E-state index is 12.9. The number of halogens is 1. The highest BCUT2D eigenvalue weighted by Crippen LogP contribution is 2.24. The van der Waals surface area contributed by atoms with E-state index in [0.717, 1.165) is 0 Å². The van der Waals surface area contributed by atoms with Gasteiger partial charge < -0.3 is 30.3 Å². The van der Waals surface area contributed by atoms with E-state index < -0.39 is 30.2 Å². The molecule has 9 nitrogen and oxygen atoms in total. The van der Waals surface area contributed by atoms with Gasteiger partial charge in [0.25, 0.3) is 5.91 Å². The highest BCUT2D eigenvalue weighted by Gasteiger charge is 2.39. The molecule has 2 saturated heterocycles. The van der Waals surface area contributed by atoms with Gasteiger partial charge in [-0.2, -0.15) is 0 Å². The molecule has 10 heteroatoms. The first kappa shape index (κ1) is 23.0. The molecule has 3 atom stereocenters. The Balaban J connectivity index is 1.40. The molecule has 2 aromatic carbocycles. The minimum Gasteiger partial charge on any atom is -0.391 e. The monoisotopic (exact) mass is 472 g/mol. The fourth-order valence-electron chi connectivity index (χ4n) is 3.94. The van der Waals surface area contributed by atoms with Gasteiger partial charge in [0.15, 0.2) is 0 Å². The standard InChI is InChI=1S/C23H25ClN4O5/c1-14-22(31)27(10-11-33-14)18-8-6-16(7-9-18)25-21(30)20-12-19(29)13-28(20)23(32)26-17-4-2-15(24)3-5-17/h2-9,14,19-20,29H,10-13H2,1H3,(H,25,30)(H,26,32)/t14-,19+,20+/m0/s1. The van der Waals surface area contributed by atoms with Gasteiger partial charge in [-0.3, -0.25) is 9.59 Å². The molecule has 2 aliphatic rings. The number of rotatable bonds is 4.